The predicted octanol–water partition coefficient (Wildman–Crippen LogP) is 16.8. The second kappa shape index (κ2) is 32.3. The summed E-state index contributed by atoms with van der Waals surface area (Å²) in [5.74, 6) is 1.46. The van der Waals surface area contributed by atoms with Crippen LogP contribution in [0, 0.1) is 41.2 Å². The lowest BCUT2D eigenvalue weighted by atomic mass is 9.87. The molecule has 0 bridgehead atoms. The number of carbonyl (C=O) groups is 3. The molecule has 5 aliphatic rings. The Labute approximate surface area is 572 Å². The number of amides is 2. The van der Waals surface area contributed by atoms with Gasteiger partial charge in [-0.3, -0.25) is 14.4 Å². The number of thiophene rings is 1. The molecule has 16 nitrogen and oxygen atoms in total. The number of hydrogen-bond donors (Lipinski definition) is 4. The highest BCUT2D eigenvalue weighted by atomic mass is 35.5. The minimum Gasteiger partial charge on any atom is -0.507 e. The molecule has 6 aromatic carbocycles. The first-order valence-electron chi connectivity index (χ1n) is 31.1. The lowest BCUT2D eigenvalue weighted by molar-refractivity contribution is -0.194. The maximum atomic E-state index is 12.4. The summed E-state index contributed by atoms with van der Waals surface area (Å²) in [6.45, 7) is 31.2. The first-order chi connectivity index (χ1) is 45.6. The number of para-hydroxylation sites is 1. The zero-order valence-corrected chi connectivity index (χ0v) is 57.7. The minimum absolute atomic E-state index is 0.0152. The average Bonchev–Trinajstić information content (AvgIpc) is 1.60. The van der Waals surface area contributed by atoms with Gasteiger partial charge < -0.3 is 35.2 Å². The Morgan fingerprint density at radius 2 is 1.60 bits per heavy atom. The lowest BCUT2D eigenvalue weighted by Crippen LogP contribution is -2.50. The number of thiazole rings is 1. The minimum atomic E-state index is -1.57. The Morgan fingerprint density at radius 1 is 0.895 bits per heavy atom. The van der Waals surface area contributed by atoms with E-state index < -0.39 is 5.79 Å². The highest BCUT2D eigenvalue weighted by Crippen LogP contribution is 2.45. The van der Waals surface area contributed by atoms with E-state index in [4.69, 9.17) is 27.6 Å². The third-order valence-electron chi connectivity index (χ3n) is 15.7. The van der Waals surface area contributed by atoms with Gasteiger partial charge in [0, 0.05) is 41.4 Å². The van der Waals surface area contributed by atoms with Crippen molar-refractivity contribution in [3.8, 4) is 11.5 Å². The zero-order valence-electron chi connectivity index (χ0n) is 54.5. The van der Waals surface area contributed by atoms with Crippen molar-refractivity contribution in [1.82, 2.24) is 25.2 Å². The fourth-order valence-corrected chi connectivity index (χ4v) is 14.4. The number of fused-ring (bicyclic) bond motifs is 6. The molecule has 3 aliphatic heterocycles. The van der Waals surface area contributed by atoms with E-state index in [1.54, 1.807) is 57.8 Å². The van der Waals surface area contributed by atoms with Crippen molar-refractivity contribution >= 4 is 102 Å². The molecule has 20 heteroatoms. The fraction of sp³-hybridized carbons (Fsp3) is 0.253. The van der Waals surface area contributed by atoms with Crippen LogP contribution in [0.2, 0.25) is 5.02 Å². The number of allylic oxidation sites excluding steroid dienone is 3. The molecule has 2 atom stereocenters. The number of halogens is 1. The van der Waals surface area contributed by atoms with Crippen molar-refractivity contribution in [2.45, 2.75) is 111 Å². The molecular weight excluding hydrogens is 1270 g/mol. The molecule has 0 saturated carbocycles. The molecule has 2 aliphatic carbocycles. The second-order valence-electron chi connectivity index (χ2n) is 23.0. The van der Waals surface area contributed by atoms with Crippen LogP contribution in [0.1, 0.15) is 116 Å². The van der Waals surface area contributed by atoms with E-state index >= 15 is 0 Å². The van der Waals surface area contributed by atoms with Gasteiger partial charge in [-0.15, -0.1) is 32.9 Å². The quantitative estimate of drug-likeness (QED) is 0.0831. The number of phenols is 1. The monoisotopic (exact) mass is 1350 g/mol. The first kappa shape index (κ1) is 70.1. The number of ketones is 1. The molecule has 2 unspecified atom stereocenters. The molecule has 0 radical (unpaired) electrons. The van der Waals surface area contributed by atoms with Crippen LogP contribution in [0.5, 0.6) is 11.5 Å². The second-order valence-corrected chi connectivity index (χ2v) is 27.1. The van der Waals surface area contributed by atoms with Crippen LogP contribution < -0.4 is 20.3 Å². The maximum Gasteiger partial charge on any atom is 0.238 e. The number of thioether (sulfide) groups is 1. The summed E-state index contributed by atoms with van der Waals surface area (Å²) in [6.07, 6.45) is 12.2. The van der Waals surface area contributed by atoms with Gasteiger partial charge in [-0.2, -0.15) is 5.10 Å². The van der Waals surface area contributed by atoms with Crippen LogP contribution in [0.3, 0.4) is 0 Å². The van der Waals surface area contributed by atoms with E-state index in [1.807, 2.05) is 118 Å². The van der Waals surface area contributed by atoms with Crippen molar-refractivity contribution in [2.75, 3.05) is 23.4 Å². The van der Waals surface area contributed by atoms with Gasteiger partial charge in [0.1, 0.15) is 22.3 Å². The highest BCUT2D eigenvalue weighted by molar-refractivity contribution is 8.04. The van der Waals surface area contributed by atoms with Gasteiger partial charge in [-0.1, -0.05) is 141 Å². The van der Waals surface area contributed by atoms with Crippen LogP contribution in [0.25, 0.3) is 20.6 Å². The van der Waals surface area contributed by atoms with Gasteiger partial charge in [0.15, 0.2) is 17.4 Å². The van der Waals surface area contributed by atoms with Crippen LogP contribution in [0.15, 0.2) is 180 Å². The van der Waals surface area contributed by atoms with Gasteiger partial charge in [0.05, 0.1) is 56.2 Å². The normalized spacial score (nSPS) is 16.4. The van der Waals surface area contributed by atoms with Gasteiger partial charge in [-0.25, -0.2) is 14.5 Å². The largest absolute Gasteiger partial charge is 0.507 e. The molecule has 14 rings (SSSR count). The van der Waals surface area contributed by atoms with E-state index in [2.05, 4.69) is 100 Å². The van der Waals surface area contributed by atoms with Crippen LogP contribution in [-0.4, -0.2) is 72.3 Å². The third kappa shape index (κ3) is 17.8. The number of rotatable bonds is 8. The molecule has 2 saturated heterocycles. The van der Waals surface area contributed by atoms with E-state index in [9.17, 15) is 24.6 Å². The topological polar surface area (TPSA) is 198 Å². The van der Waals surface area contributed by atoms with Gasteiger partial charge in [0.2, 0.25) is 23.3 Å². The third-order valence-corrected chi connectivity index (χ3v) is 19.1. The smallest absolute Gasteiger partial charge is 0.238 e. The number of hydrogen-bond acceptors (Lipinski definition) is 15. The molecule has 488 valence electrons. The van der Waals surface area contributed by atoms with Crippen LogP contribution >= 0.6 is 46.0 Å². The number of ether oxygens (including phenoxy) is 2. The number of aromatic nitrogens is 4. The number of aliphatic hydroxyl groups is 1. The number of benzene rings is 6. The molecule has 95 heavy (non-hydrogen) atoms. The van der Waals surface area contributed by atoms with Crippen molar-refractivity contribution in [3.63, 3.8) is 0 Å². The molecule has 6 heterocycles. The van der Waals surface area contributed by atoms with Gasteiger partial charge in [0.25, 0.3) is 0 Å². The van der Waals surface area contributed by atoms with Crippen molar-refractivity contribution < 1.29 is 34.1 Å². The van der Waals surface area contributed by atoms with Crippen molar-refractivity contribution in [1.29, 1.82) is 0 Å². The number of carbonyl (C=O) groups excluding carboxylic acids is 3. The van der Waals surface area contributed by atoms with Crippen molar-refractivity contribution in [3.05, 3.63) is 263 Å². The first-order valence-corrected chi connectivity index (χ1v) is 34.0. The van der Waals surface area contributed by atoms with Crippen LogP contribution in [0.4, 0.5) is 16.4 Å². The van der Waals surface area contributed by atoms with E-state index in [0.717, 1.165) is 98.7 Å². The Balaban J connectivity index is 0.000000136. The number of nitrogens with one attached hydrogen (secondary N) is 2. The zero-order chi connectivity index (χ0) is 67.9. The lowest BCUT2D eigenvalue weighted by Gasteiger charge is -2.44. The van der Waals surface area contributed by atoms with Gasteiger partial charge in [-0.05, 0) is 172 Å². The Kier molecular flexibility index (Phi) is 23.8. The standard InChI is InChI=1S/C18H15NO3.C14H16O2.C12H13NOS.C11H11ClN4.C11H12N2OS.C9H9NS/c20-16-12-17-18(21,15-9-5-4-8-14(15)16)22-11-10-19(17)13-6-2-1-3-7-13;1-4-5-11-7-12(15)14-9(2)6-10(3)16-13(14)8-11;1-8-5-3-4-6-10(8)7-11-12(14)13-9(2)15-11;1-8-14-15-9(2)16(8)13-7-10-3-5-11(12)6-4-10;1-7(14)13-11-10(12-2)8-5-3-4-6-9(8)15-11;1-6-3-4-8-9(5-6)11-7(2)10-8/h1-9,12,21H,10-11H2;6-8,15H,3-5H2,1-2H3;3-6,11H,2,7H2,1H3,(H,13,14);3-7H,1-2H3;3-6H2,1H3,(H,13,14);3-5H,1-2H3. The molecule has 4 N–H and O–H groups in total. The van der Waals surface area contributed by atoms with E-state index in [0.29, 0.717) is 57.9 Å². The average molecular weight is 1350 g/mol. The van der Waals surface area contributed by atoms with Crippen molar-refractivity contribution in [2.24, 2.45) is 5.10 Å². The van der Waals surface area contributed by atoms with E-state index in [1.165, 1.54) is 63.0 Å². The van der Waals surface area contributed by atoms with Crippen LogP contribution in [-0.2, 0) is 45.8 Å². The summed E-state index contributed by atoms with van der Waals surface area (Å²) in [5.41, 5.74) is 13.0. The summed E-state index contributed by atoms with van der Waals surface area (Å²) in [4.78, 5) is 46.0. The SMILES string of the molecule is C=C1C=C(C)c2c(O)cc(CCC)cc2O1.C=C1NC(=O)C(Cc2ccccc2C)S1.Cc1ccc2nc(C)sc2c1.Cc1nnc(C)n1N=Cc1ccc(Cl)cc1.O=C1C=C2N(c3ccccc3)CCOC2(O)c2ccccc21.[C-]#[N+]c1c(NC(C)=O)sc2c1CCCC2. The highest BCUT2D eigenvalue weighted by Gasteiger charge is 2.47. The van der Waals surface area contributed by atoms with E-state index in [-0.39, 0.29) is 22.8 Å². The molecular formula is C75H76ClN9O7S3. The Hall–Kier alpha value is -9.26. The number of morpholine rings is 1. The summed E-state index contributed by atoms with van der Waals surface area (Å²) in [6, 6.07) is 42.6. The number of aromatic hydroxyl groups is 1. The summed E-state index contributed by atoms with van der Waals surface area (Å²) in [7, 11) is 0. The molecule has 0 spiro atoms. The predicted molar refractivity (Wildman–Crippen MR) is 386 cm³/mol. The number of aryl methyl sites for hydroxylation is 7. The molecule has 2 fully saturated rings. The number of anilines is 2. The number of nitrogens with zero attached hydrogens (tertiary/aromatic N) is 7. The fourth-order valence-electron chi connectivity index (χ4n) is 11.2. The molecule has 2 amide bonds. The summed E-state index contributed by atoms with van der Waals surface area (Å²) in [5, 5.41) is 42.0. The Morgan fingerprint density at radius 3 is 2.29 bits per heavy atom. The number of phenolic OH excluding ortho intramolecular Hbond substituents is 1. The maximum absolute atomic E-state index is 12.4. The van der Waals surface area contributed by atoms with Gasteiger partial charge >= 0.3 is 0 Å². The molecule has 9 aromatic rings. The Bertz CT molecular complexity index is 4430. The summed E-state index contributed by atoms with van der Waals surface area (Å²) < 4.78 is 14.2. The molecule has 3 aromatic heterocycles. The summed E-state index contributed by atoms with van der Waals surface area (Å²) >= 11 is 10.6.